The van der Waals surface area contributed by atoms with Gasteiger partial charge >= 0.3 is 0 Å². The molecule has 144 valence electrons. The summed E-state index contributed by atoms with van der Waals surface area (Å²) in [5.41, 5.74) is 1.30. The molecule has 5 nitrogen and oxygen atoms in total. The molecule has 1 fully saturated rings. The molecule has 0 spiro atoms. The first kappa shape index (κ1) is 21.9. The number of aliphatic hydroxyl groups is 1. The van der Waals surface area contributed by atoms with Crippen LogP contribution in [0.1, 0.15) is 47.0 Å². The van der Waals surface area contributed by atoms with Gasteiger partial charge < -0.3 is 19.9 Å². The molecule has 1 aliphatic carbocycles. The quantitative estimate of drug-likeness (QED) is 0.340. The number of nitrogens with one attached hydrogen (secondary N) is 1. The Hall–Kier alpha value is -1.17. The minimum absolute atomic E-state index is 0.0608. The first-order chi connectivity index (χ1) is 11.8. The summed E-state index contributed by atoms with van der Waals surface area (Å²) in [5.74, 6) is 0.462. The molecule has 0 aromatic carbocycles. The van der Waals surface area contributed by atoms with Crippen LogP contribution in [0, 0.1) is 11.3 Å². The highest BCUT2D eigenvalue weighted by molar-refractivity contribution is 5.98. The Morgan fingerprint density at radius 2 is 2.04 bits per heavy atom. The fourth-order valence-electron chi connectivity index (χ4n) is 3.13. The lowest BCUT2D eigenvalue weighted by Gasteiger charge is -2.35. The van der Waals surface area contributed by atoms with Crippen molar-refractivity contribution in [2.75, 3.05) is 33.0 Å². The van der Waals surface area contributed by atoms with Gasteiger partial charge in [0.05, 0.1) is 32.5 Å². The van der Waals surface area contributed by atoms with E-state index >= 15 is 0 Å². The minimum Gasteiger partial charge on any atom is -0.388 e. The van der Waals surface area contributed by atoms with E-state index < -0.39 is 6.10 Å². The van der Waals surface area contributed by atoms with E-state index in [2.05, 4.69) is 25.7 Å². The number of carbonyl (C=O) groups is 1. The molecular formula is C20H35NO4. The van der Waals surface area contributed by atoms with Crippen LogP contribution in [0.4, 0.5) is 0 Å². The van der Waals surface area contributed by atoms with Gasteiger partial charge in [-0.2, -0.15) is 0 Å². The van der Waals surface area contributed by atoms with E-state index in [1.165, 1.54) is 0 Å². The number of ketones is 1. The van der Waals surface area contributed by atoms with Crippen LogP contribution >= 0.6 is 0 Å². The maximum Gasteiger partial charge on any atom is 0.163 e. The Balaban J connectivity index is 2.59. The molecule has 1 saturated carbocycles. The van der Waals surface area contributed by atoms with Crippen molar-refractivity contribution in [3.05, 3.63) is 23.9 Å². The third-order valence-electron chi connectivity index (χ3n) is 4.15. The molecule has 0 aromatic rings. The third-order valence-corrected chi connectivity index (χ3v) is 4.15. The van der Waals surface area contributed by atoms with Crippen LogP contribution in [-0.2, 0) is 14.3 Å². The third kappa shape index (κ3) is 8.17. The highest BCUT2D eigenvalue weighted by Gasteiger charge is 2.37. The van der Waals surface area contributed by atoms with Gasteiger partial charge in [0.15, 0.2) is 5.78 Å². The van der Waals surface area contributed by atoms with E-state index in [0.29, 0.717) is 57.3 Å². The molecule has 0 heterocycles. The zero-order valence-electron chi connectivity index (χ0n) is 16.3. The molecule has 0 bridgehead atoms. The maximum atomic E-state index is 12.6. The topological polar surface area (TPSA) is 67.8 Å². The van der Waals surface area contributed by atoms with E-state index in [9.17, 15) is 9.90 Å². The van der Waals surface area contributed by atoms with E-state index in [1.54, 1.807) is 6.08 Å². The molecule has 0 aliphatic heterocycles. The number of hydrogen-bond acceptors (Lipinski definition) is 5. The Kier molecular flexibility index (Phi) is 9.39. The molecule has 0 aromatic heterocycles. The number of hydrogen-bond donors (Lipinski definition) is 2. The van der Waals surface area contributed by atoms with Crippen LogP contribution in [0.2, 0.25) is 0 Å². The average molecular weight is 354 g/mol. The minimum atomic E-state index is -0.689. The van der Waals surface area contributed by atoms with Gasteiger partial charge in [-0.3, -0.25) is 4.79 Å². The van der Waals surface area contributed by atoms with Crippen LogP contribution in [0.3, 0.4) is 0 Å². The van der Waals surface area contributed by atoms with Crippen molar-refractivity contribution < 1.29 is 19.4 Å². The normalized spacial score (nSPS) is 22.2. The highest BCUT2D eigenvalue weighted by atomic mass is 16.5. The van der Waals surface area contributed by atoms with Gasteiger partial charge in [0.25, 0.3) is 0 Å². The summed E-state index contributed by atoms with van der Waals surface area (Å²) in [7, 11) is 0. The average Bonchev–Trinajstić information content (AvgIpc) is 2.47. The summed E-state index contributed by atoms with van der Waals surface area (Å²) in [6.45, 7) is 14.6. The Morgan fingerprint density at radius 3 is 2.64 bits per heavy atom. The summed E-state index contributed by atoms with van der Waals surface area (Å²) in [6.07, 6.45) is 2.88. The first-order valence-corrected chi connectivity index (χ1v) is 9.21. The van der Waals surface area contributed by atoms with Crippen molar-refractivity contribution in [3.8, 4) is 0 Å². The van der Waals surface area contributed by atoms with Crippen molar-refractivity contribution in [2.45, 2.75) is 53.1 Å². The van der Waals surface area contributed by atoms with Crippen molar-refractivity contribution >= 4 is 5.78 Å². The van der Waals surface area contributed by atoms with E-state index in [0.717, 1.165) is 12.1 Å². The molecule has 1 unspecified atom stereocenters. The summed E-state index contributed by atoms with van der Waals surface area (Å²) in [4.78, 5) is 12.6. The molecule has 25 heavy (non-hydrogen) atoms. The smallest absolute Gasteiger partial charge is 0.163 e. The number of Topliss-reactive ketones (excluding diaryl/α,β-unsaturated/α-hetero) is 1. The second-order valence-corrected chi connectivity index (χ2v) is 7.88. The standard InChI is InChI=1S/C20H35NO4/c1-6-8-24-10-11-25-9-7-21-16(12-15(2)3)19-17(22)13-20(4,5)14-18(19)23/h6,15,17,21-22H,1,7-14H2,2-5H3/b19-16+. The fraction of sp³-hybridized carbons (Fsp3) is 0.750. The van der Waals surface area contributed by atoms with Crippen LogP contribution in [0.15, 0.2) is 23.9 Å². The lowest BCUT2D eigenvalue weighted by Crippen LogP contribution is -2.37. The maximum absolute atomic E-state index is 12.6. The SMILES string of the molecule is C=CCOCCOCCN/C(CC(C)C)=C1/C(=O)CC(C)(C)CC1O. The zero-order chi connectivity index (χ0) is 18.9. The summed E-state index contributed by atoms with van der Waals surface area (Å²) < 4.78 is 10.8. The van der Waals surface area contributed by atoms with E-state index in [4.69, 9.17) is 9.47 Å². The van der Waals surface area contributed by atoms with Gasteiger partial charge in [-0.25, -0.2) is 0 Å². The van der Waals surface area contributed by atoms with E-state index in [1.807, 2.05) is 13.8 Å². The van der Waals surface area contributed by atoms with Gasteiger partial charge in [-0.05, 0) is 24.2 Å². The molecule has 0 amide bonds. The molecular weight excluding hydrogens is 318 g/mol. The number of carbonyl (C=O) groups excluding carboxylic acids is 1. The van der Waals surface area contributed by atoms with Crippen LogP contribution in [0.25, 0.3) is 0 Å². The van der Waals surface area contributed by atoms with Gasteiger partial charge in [-0.1, -0.05) is 33.8 Å². The number of ether oxygens (including phenoxy) is 2. The largest absolute Gasteiger partial charge is 0.388 e. The molecule has 1 aliphatic rings. The second kappa shape index (κ2) is 10.7. The molecule has 0 radical (unpaired) electrons. The Labute approximate surface area is 152 Å². The molecule has 1 rings (SSSR count). The van der Waals surface area contributed by atoms with Gasteiger partial charge in [0.1, 0.15) is 0 Å². The molecule has 1 atom stereocenters. The van der Waals surface area contributed by atoms with Crippen LogP contribution in [-0.4, -0.2) is 50.0 Å². The van der Waals surface area contributed by atoms with E-state index in [-0.39, 0.29) is 11.2 Å². The molecule has 0 saturated heterocycles. The fourth-order valence-corrected chi connectivity index (χ4v) is 3.13. The lowest BCUT2D eigenvalue weighted by molar-refractivity contribution is -0.121. The predicted octanol–water partition coefficient (Wildman–Crippen LogP) is 2.85. The van der Waals surface area contributed by atoms with Crippen molar-refractivity contribution in [2.24, 2.45) is 11.3 Å². The molecule has 2 N–H and O–H groups in total. The summed E-state index contributed by atoms with van der Waals surface area (Å²) in [5, 5.41) is 13.8. The van der Waals surface area contributed by atoms with Crippen LogP contribution in [0.5, 0.6) is 0 Å². The van der Waals surface area contributed by atoms with Crippen molar-refractivity contribution in [3.63, 3.8) is 0 Å². The first-order valence-electron chi connectivity index (χ1n) is 9.21. The summed E-state index contributed by atoms with van der Waals surface area (Å²) >= 11 is 0. The number of rotatable bonds is 11. The van der Waals surface area contributed by atoms with Gasteiger partial charge in [-0.15, -0.1) is 6.58 Å². The Bertz CT molecular complexity index is 468. The van der Waals surface area contributed by atoms with Crippen LogP contribution < -0.4 is 5.32 Å². The Morgan fingerprint density at radius 1 is 1.36 bits per heavy atom. The summed E-state index contributed by atoms with van der Waals surface area (Å²) in [6, 6.07) is 0. The highest BCUT2D eigenvalue weighted by Crippen LogP contribution is 2.37. The van der Waals surface area contributed by atoms with Crippen molar-refractivity contribution in [1.29, 1.82) is 0 Å². The lowest BCUT2D eigenvalue weighted by atomic mass is 9.72. The number of aliphatic hydroxyl groups excluding tert-OH is 1. The van der Waals surface area contributed by atoms with Gasteiger partial charge in [0.2, 0.25) is 0 Å². The predicted molar refractivity (Wildman–Crippen MR) is 100 cm³/mol. The van der Waals surface area contributed by atoms with Crippen molar-refractivity contribution in [1.82, 2.24) is 5.32 Å². The second-order valence-electron chi connectivity index (χ2n) is 7.88. The molecule has 5 heteroatoms. The monoisotopic (exact) mass is 353 g/mol. The zero-order valence-corrected chi connectivity index (χ0v) is 16.3. The van der Waals surface area contributed by atoms with Gasteiger partial charge in [0, 0.05) is 24.2 Å². The number of allylic oxidation sites excluding steroid dienone is 1.